The molecule has 0 radical (unpaired) electrons. The largest absolute Gasteiger partial charge is 0.483 e. The van der Waals surface area contributed by atoms with Gasteiger partial charge in [0, 0.05) is 12.1 Å². The summed E-state index contributed by atoms with van der Waals surface area (Å²) in [6.07, 6.45) is 5.90. The molecule has 2 bridgehead atoms. The van der Waals surface area contributed by atoms with Crippen LogP contribution in [0.4, 0.5) is 0 Å². The third-order valence-corrected chi connectivity index (χ3v) is 6.42. The molecule has 2 fully saturated rings. The van der Waals surface area contributed by atoms with Gasteiger partial charge in [0.05, 0.1) is 18.8 Å². The molecule has 1 amide bonds. The predicted molar refractivity (Wildman–Crippen MR) is 96.9 cm³/mol. The van der Waals surface area contributed by atoms with Crippen molar-refractivity contribution in [2.75, 3.05) is 19.8 Å². The second kappa shape index (κ2) is 6.99. The van der Waals surface area contributed by atoms with Gasteiger partial charge in [-0.15, -0.1) is 0 Å². The van der Waals surface area contributed by atoms with Crippen molar-refractivity contribution in [3.8, 4) is 5.75 Å². The summed E-state index contributed by atoms with van der Waals surface area (Å²) in [5.41, 5.74) is 2.58. The molecule has 4 nitrogen and oxygen atoms in total. The van der Waals surface area contributed by atoms with Gasteiger partial charge in [-0.05, 0) is 62.5 Å². The van der Waals surface area contributed by atoms with Crippen LogP contribution in [0.3, 0.4) is 0 Å². The van der Waals surface area contributed by atoms with Gasteiger partial charge < -0.3 is 14.4 Å². The first-order chi connectivity index (χ1) is 12.1. The molecule has 3 aliphatic heterocycles. The molecule has 0 spiro atoms. The van der Waals surface area contributed by atoms with Gasteiger partial charge in [-0.3, -0.25) is 4.79 Å². The maximum atomic E-state index is 12.8. The van der Waals surface area contributed by atoms with Crippen molar-refractivity contribution in [3.05, 3.63) is 29.3 Å². The fourth-order valence-corrected chi connectivity index (χ4v) is 4.85. The number of rotatable bonds is 0. The highest BCUT2D eigenvalue weighted by atomic mass is 16.5. The predicted octanol–water partition coefficient (Wildman–Crippen LogP) is 3.67. The molecule has 4 heteroatoms. The minimum Gasteiger partial charge on any atom is -0.483 e. The van der Waals surface area contributed by atoms with Gasteiger partial charge in [-0.25, -0.2) is 0 Å². The Morgan fingerprint density at radius 3 is 2.72 bits per heavy atom. The monoisotopic (exact) mass is 343 g/mol. The first kappa shape index (κ1) is 16.9. The Hall–Kier alpha value is -1.55. The summed E-state index contributed by atoms with van der Waals surface area (Å²) in [5, 5.41) is 0. The number of hydrogen-bond donors (Lipinski definition) is 0. The molecule has 1 saturated carbocycles. The molecule has 1 saturated heterocycles. The number of aryl methyl sites for hydroxylation is 1. The highest BCUT2D eigenvalue weighted by Crippen LogP contribution is 2.40. The van der Waals surface area contributed by atoms with Crippen molar-refractivity contribution in [1.82, 2.24) is 4.90 Å². The summed E-state index contributed by atoms with van der Waals surface area (Å²) in [5.74, 6) is 2.02. The Balaban J connectivity index is 1.64. The van der Waals surface area contributed by atoms with E-state index in [0.717, 1.165) is 44.4 Å². The maximum Gasteiger partial charge on any atom is 0.260 e. The first-order valence-corrected chi connectivity index (χ1v) is 9.77. The Morgan fingerprint density at radius 1 is 1.12 bits per heavy atom. The van der Waals surface area contributed by atoms with Gasteiger partial charge in [-0.2, -0.15) is 0 Å². The molecule has 0 unspecified atom stereocenters. The molecule has 1 aromatic rings. The zero-order valence-electron chi connectivity index (χ0n) is 15.4. The third-order valence-electron chi connectivity index (χ3n) is 6.42. The van der Waals surface area contributed by atoms with E-state index in [1.165, 1.54) is 11.1 Å². The smallest absolute Gasteiger partial charge is 0.260 e. The minimum absolute atomic E-state index is 0.0944. The molecule has 5 rings (SSSR count). The van der Waals surface area contributed by atoms with Crippen molar-refractivity contribution in [1.29, 1.82) is 0 Å². The standard InChI is InChI=1S/C21H29NO3/c1-14-10-11-22-18(14)12-24-17-8-6-16(7-9-17)21-15(2)4-3-5-19(21)25-13-20(22)23/h3-5,14,16-18H,6-13H2,1-2H3/t14-,16?,17?,18-/m0/s1. The lowest BCUT2D eigenvalue weighted by molar-refractivity contribution is -0.136. The lowest BCUT2D eigenvalue weighted by Crippen LogP contribution is -2.43. The van der Waals surface area contributed by atoms with Gasteiger partial charge in [0.25, 0.3) is 5.91 Å². The SMILES string of the molecule is Cc1cccc2c1C1CCC(CC1)OC[C@H]1[C@@H](C)CCN1C(=O)CO2. The van der Waals surface area contributed by atoms with Crippen LogP contribution in [0.15, 0.2) is 18.2 Å². The molecule has 4 aliphatic rings. The number of carbonyl (C=O) groups is 1. The molecular formula is C21H29NO3. The number of hydrogen-bond acceptors (Lipinski definition) is 3. The average molecular weight is 343 g/mol. The quantitative estimate of drug-likeness (QED) is 0.721. The molecule has 0 aromatic heterocycles. The van der Waals surface area contributed by atoms with E-state index in [4.69, 9.17) is 9.47 Å². The van der Waals surface area contributed by atoms with E-state index < -0.39 is 0 Å². The lowest BCUT2D eigenvalue weighted by Gasteiger charge is -2.32. The van der Waals surface area contributed by atoms with Crippen molar-refractivity contribution in [2.24, 2.45) is 5.92 Å². The average Bonchev–Trinajstić information content (AvgIpc) is 2.99. The number of amides is 1. The summed E-state index contributed by atoms with van der Waals surface area (Å²) in [7, 11) is 0. The van der Waals surface area contributed by atoms with Gasteiger partial charge >= 0.3 is 0 Å². The van der Waals surface area contributed by atoms with Crippen LogP contribution in [0.5, 0.6) is 5.75 Å². The highest BCUT2D eigenvalue weighted by molar-refractivity contribution is 5.78. The van der Waals surface area contributed by atoms with E-state index >= 15 is 0 Å². The third kappa shape index (κ3) is 3.29. The van der Waals surface area contributed by atoms with Crippen LogP contribution in [-0.4, -0.2) is 42.7 Å². The van der Waals surface area contributed by atoms with Gasteiger partial charge in [0.1, 0.15) is 5.75 Å². The van der Waals surface area contributed by atoms with E-state index in [-0.39, 0.29) is 18.6 Å². The van der Waals surface area contributed by atoms with Crippen LogP contribution >= 0.6 is 0 Å². The number of carbonyl (C=O) groups excluding carboxylic acids is 1. The number of benzene rings is 1. The van der Waals surface area contributed by atoms with Crippen molar-refractivity contribution in [2.45, 2.75) is 64.0 Å². The number of ether oxygens (including phenoxy) is 2. The van der Waals surface area contributed by atoms with E-state index in [9.17, 15) is 4.79 Å². The first-order valence-electron chi connectivity index (χ1n) is 9.77. The van der Waals surface area contributed by atoms with E-state index in [1.54, 1.807) is 0 Å². The Morgan fingerprint density at radius 2 is 1.92 bits per heavy atom. The van der Waals surface area contributed by atoms with Crippen LogP contribution in [0.2, 0.25) is 0 Å². The van der Waals surface area contributed by atoms with Crippen molar-refractivity contribution in [3.63, 3.8) is 0 Å². The summed E-state index contributed by atoms with van der Waals surface area (Å²) < 4.78 is 12.3. The summed E-state index contributed by atoms with van der Waals surface area (Å²) in [6.45, 7) is 6.02. The molecular weight excluding hydrogens is 314 g/mol. The summed E-state index contributed by atoms with van der Waals surface area (Å²) in [6, 6.07) is 6.42. The summed E-state index contributed by atoms with van der Waals surface area (Å²) >= 11 is 0. The van der Waals surface area contributed by atoms with E-state index in [2.05, 4.69) is 19.9 Å². The normalized spacial score (nSPS) is 32.9. The molecule has 3 heterocycles. The van der Waals surface area contributed by atoms with Crippen molar-refractivity contribution < 1.29 is 14.3 Å². The lowest BCUT2D eigenvalue weighted by atomic mass is 9.80. The Bertz CT molecular complexity index is 636. The number of nitrogens with zero attached hydrogens (tertiary/aromatic N) is 1. The van der Waals surface area contributed by atoms with E-state index in [0.29, 0.717) is 24.5 Å². The van der Waals surface area contributed by atoms with Crippen LogP contribution in [0.25, 0.3) is 0 Å². The highest BCUT2D eigenvalue weighted by Gasteiger charge is 2.36. The zero-order chi connectivity index (χ0) is 17.4. The van der Waals surface area contributed by atoms with Gasteiger partial charge in [0.2, 0.25) is 0 Å². The number of fused-ring (bicyclic) bond motifs is 5. The second-order valence-electron chi connectivity index (χ2n) is 8.00. The molecule has 0 N–H and O–H groups in total. The Kier molecular flexibility index (Phi) is 4.72. The second-order valence-corrected chi connectivity index (χ2v) is 8.00. The molecule has 25 heavy (non-hydrogen) atoms. The van der Waals surface area contributed by atoms with Crippen LogP contribution in [-0.2, 0) is 9.53 Å². The Labute approximate surface area is 150 Å². The van der Waals surface area contributed by atoms with Crippen LogP contribution < -0.4 is 4.74 Å². The van der Waals surface area contributed by atoms with Crippen molar-refractivity contribution >= 4 is 5.91 Å². The van der Waals surface area contributed by atoms with Crippen LogP contribution in [0.1, 0.15) is 56.1 Å². The fraction of sp³-hybridized carbons (Fsp3) is 0.667. The summed E-state index contributed by atoms with van der Waals surface area (Å²) in [4.78, 5) is 14.8. The molecule has 136 valence electrons. The zero-order valence-corrected chi connectivity index (χ0v) is 15.4. The topological polar surface area (TPSA) is 38.8 Å². The molecule has 2 atom stereocenters. The maximum absolute atomic E-state index is 12.8. The van der Waals surface area contributed by atoms with Gasteiger partial charge in [0.15, 0.2) is 6.61 Å². The molecule has 1 aromatic carbocycles. The van der Waals surface area contributed by atoms with Gasteiger partial charge in [-0.1, -0.05) is 19.1 Å². The van der Waals surface area contributed by atoms with Crippen LogP contribution in [0, 0.1) is 12.8 Å². The molecule has 1 aliphatic carbocycles. The fourth-order valence-electron chi connectivity index (χ4n) is 4.85. The van der Waals surface area contributed by atoms with E-state index in [1.807, 2.05) is 17.0 Å². The minimum atomic E-state index is 0.0944.